The molecule has 7 nitrogen and oxygen atoms in total. The number of methoxy groups -OCH3 is 1. The number of hydrogen-bond acceptors (Lipinski definition) is 5. The molecular formula is C20H31N3O4. The SMILES string of the molecule is CCN(C(=O)CC1COc2ccc(C(=O)NCCOC)cc2N1C)C(C)C. The molecule has 2 amide bonds. The van der Waals surface area contributed by atoms with Crippen LogP contribution in [0.5, 0.6) is 5.75 Å². The molecule has 0 bridgehead atoms. The summed E-state index contributed by atoms with van der Waals surface area (Å²) in [6.07, 6.45) is 0.381. The predicted molar refractivity (Wildman–Crippen MR) is 105 cm³/mol. The number of fused-ring (bicyclic) bond motifs is 1. The molecule has 0 radical (unpaired) electrons. The topological polar surface area (TPSA) is 71.1 Å². The van der Waals surface area contributed by atoms with Crippen molar-refractivity contribution in [1.29, 1.82) is 0 Å². The first-order valence-electron chi connectivity index (χ1n) is 9.45. The highest BCUT2D eigenvalue weighted by molar-refractivity contribution is 5.95. The molecule has 0 aliphatic carbocycles. The van der Waals surface area contributed by atoms with Crippen LogP contribution in [0.15, 0.2) is 18.2 Å². The molecule has 1 aromatic rings. The standard InChI is InChI=1S/C20H31N3O4/c1-6-23(14(2)3)19(24)12-16-13-27-18-8-7-15(11-17(18)22(16)4)20(25)21-9-10-26-5/h7-8,11,14,16H,6,9-10,12-13H2,1-5H3,(H,21,25). The first kappa shape index (κ1) is 21.0. The van der Waals surface area contributed by atoms with Gasteiger partial charge in [0.25, 0.3) is 5.91 Å². The molecule has 1 heterocycles. The molecule has 1 aliphatic rings. The van der Waals surface area contributed by atoms with Crippen LogP contribution in [0.25, 0.3) is 0 Å². The number of carbonyl (C=O) groups excluding carboxylic acids is 2. The van der Waals surface area contributed by atoms with Gasteiger partial charge in [0, 0.05) is 38.9 Å². The van der Waals surface area contributed by atoms with Gasteiger partial charge in [0.2, 0.25) is 5.91 Å². The number of nitrogens with one attached hydrogen (secondary N) is 1. The second-order valence-electron chi connectivity index (χ2n) is 6.98. The van der Waals surface area contributed by atoms with E-state index in [0.29, 0.717) is 38.3 Å². The number of nitrogens with zero attached hydrogens (tertiary/aromatic N) is 2. The van der Waals surface area contributed by atoms with Crippen LogP contribution < -0.4 is 15.0 Å². The van der Waals surface area contributed by atoms with Gasteiger partial charge in [-0.15, -0.1) is 0 Å². The van der Waals surface area contributed by atoms with Gasteiger partial charge in [-0.25, -0.2) is 0 Å². The Morgan fingerprint density at radius 3 is 2.78 bits per heavy atom. The largest absolute Gasteiger partial charge is 0.489 e. The molecule has 1 aromatic carbocycles. The second-order valence-corrected chi connectivity index (χ2v) is 6.98. The lowest BCUT2D eigenvalue weighted by Crippen LogP contribution is -2.46. The highest BCUT2D eigenvalue weighted by Gasteiger charge is 2.29. The second kappa shape index (κ2) is 9.60. The van der Waals surface area contributed by atoms with E-state index in [1.807, 2.05) is 49.8 Å². The molecule has 0 fully saturated rings. The molecule has 1 N–H and O–H groups in total. The van der Waals surface area contributed by atoms with E-state index in [2.05, 4.69) is 5.32 Å². The molecule has 150 valence electrons. The number of amides is 2. The van der Waals surface area contributed by atoms with E-state index in [0.717, 1.165) is 11.4 Å². The Kier molecular flexibility index (Phi) is 7.47. The maximum atomic E-state index is 12.6. The lowest BCUT2D eigenvalue weighted by atomic mass is 10.1. The average Bonchev–Trinajstić information content (AvgIpc) is 2.64. The lowest BCUT2D eigenvalue weighted by Gasteiger charge is -2.37. The number of benzene rings is 1. The maximum absolute atomic E-state index is 12.6. The minimum atomic E-state index is -0.154. The zero-order chi connectivity index (χ0) is 20.0. The van der Waals surface area contributed by atoms with E-state index in [4.69, 9.17) is 9.47 Å². The van der Waals surface area contributed by atoms with Crippen LogP contribution in [-0.4, -0.2) is 69.3 Å². The van der Waals surface area contributed by atoms with Crippen molar-refractivity contribution in [2.45, 2.75) is 39.3 Å². The monoisotopic (exact) mass is 377 g/mol. The predicted octanol–water partition coefficient (Wildman–Crippen LogP) is 1.91. The van der Waals surface area contributed by atoms with Gasteiger partial charge in [0.15, 0.2) is 0 Å². The fraction of sp³-hybridized carbons (Fsp3) is 0.600. The Hall–Kier alpha value is -2.28. The minimum absolute atomic E-state index is 0.0652. The number of rotatable bonds is 8. The van der Waals surface area contributed by atoms with Crippen LogP contribution in [-0.2, 0) is 9.53 Å². The summed E-state index contributed by atoms with van der Waals surface area (Å²) in [4.78, 5) is 28.8. The third-order valence-electron chi connectivity index (χ3n) is 4.87. The van der Waals surface area contributed by atoms with Gasteiger partial charge >= 0.3 is 0 Å². The van der Waals surface area contributed by atoms with Gasteiger partial charge < -0.3 is 24.6 Å². The summed E-state index contributed by atoms with van der Waals surface area (Å²) >= 11 is 0. The van der Waals surface area contributed by atoms with Crippen molar-refractivity contribution in [3.63, 3.8) is 0 Å². The summed E-state index contributed by atoms with van der Waals surface area (Å²) in [5.41, 5.74) is 1.38. The summed E-state index contributed by atoms with van der Waals surface area (Å²) in [5.74, 6) is 0.689. The molecule has 0 aromatic heterocycles. The highest BCUT2D eigenvalue weighted by Crippen LogP contribution is 2.34. The number of anilines is 1. The molecule has 2 rings (SSSR count). The van der Waals surface area contributed by atoms with E-state index in [9.17, 15) is 9.59 Å². The summed E-state index contributed by atoms with van der Waals surface area (Å²) in [6.45, 7) is 8.09. The fourth-order valence-corrected chi connectivity index (χ4v) is 3.26. The zero-order valence-electron chi connectivity index (χ0n) is 16.9. The third kappa shape index (κ3) is 5.13. The van der Waals surface area contributed by atoms with Crippen LogP contribution in [0, 0.1) is 0 Å². The lowest BCUT2D eigenvalue weighted by molar-refractivity contribution is -0.133. The number of ether oxygens (including phenoxy) is 2. The number of likely N-dealkylation sites (N-methyl/N-ethyl adjacent to an activating group) is 1. The molecule has 0 saturated carbocycles. The van der Waals surface area contributed by atoms with Gasteiger partial charge in [-0.3, -0.25) is 9.59 Å². The zero-order valence-corrected chi connectivity index (χ0v) is 16.9. The van der Waals surface area contributed by atoms with Gasteiger partial charge in [-0.1, -0.05) is 0 Å². The Bertz CT molecular complexity index is 663. The van der Waals surface area contributed by atoms with Crippen molar-refractivity contribution in [3.05, 3.63) is 23.8 Å². The van der Waals surface area contributed by atoms with Gasteiger partial charge in [-0.05, 0) is 39.0 Å². The Morgan fingerprint density at radius 1 is 1.41 bits per heavy atom. The summed E-state index contributed by atoms with van der Waals surface area (Å²) in [5, 5.41) is 2.82. The third-order valence-corrected chi connectivity index (χ3v) is 4.87. The Morgan fingerprint density at radius 2 is 2.15 bits per heavy atom. The van der Waals surface area contributed by atoms with Gasteiger partial charge in [-0.2, -0.15) is 0 Å². The van der Waals surface area contributed by atoms with E-state index in [1.165, 1.54) is 0 Å². The normalized spacial score (nSPS) is 15.9. The summed E-state index contributed by atoms with van der Waals surface area (Å²) < 4.78 is 10.8. The van der Waals surface area contributed by atoms with Crippen molar-refractivity contribution in [2.75, 3.05) is 45.4 Å². The van der Waals surface area contributed by atoms with Gasteiger partial charge in [0.05, 0.1) is 24.8 Å². The molecule has 1 unspecified atom stereocenters. The van der Waals surface area contributed by atoms with Crippen LogP contribution in [0.1, 0.15) is 37.6 Å². The number of hydrogen-bond donors (Lipinski definition) is 1. The average molecular weight is 377 g/mol. The van der Waals surface area contributed by atoms with Crippen molar-refractivity contribution < 1.29 is 19.1 Å². The quantitative estimate of drug-likeness (QED) is 0.701. The van der Waals surface area contributed by atoms with Crippen LogP contribution in [0.2, 0.25) is 0 Å². The molecule has 7 heteroatoms. The van der Waals surface area contributed by atoms with Gasteiger partial charge in [0.1, 0.15) is 12.4 Å². The smallest absolute Gasteiger partial charge is 0.251 e. The minimum Gasteiger partial charge on any atom is -0.489 e. The molecule has 1 aliphatic heterocycles. The van der Waals surface area contributed by atoms with E-state index in [-0.39, 0.29) is 23.9 Å². The van der Waals surface area contributed by atoms with Crippen LogP contribution in [0.4, 0.5) is 5.69 Å². The van der Waals surface area contributed by atoms with Crippen LogP contribution in [0.3, 0.4) is 0 Å². The van der Waals surface area contributed by atoms with E-state index < -0.39 is 0 Å². The Balaban J connectivity index is 2.10. The Labute approximate surface area is 161 Å². The maximum Gasteiger partial charge on any atom is 0.251 e. The molecule has 1 atom stereocenters. The van der Waals surface area contributed by atoms with E-state index in [1.54, 1.807) is 13.2 Å². The summed E-state index contributed by atoms with van der Waals surface area (Å²) in [6, 6.07) is 5.48. The molecule has 0 spiro atoms. The van der Waals surface area contributed by atoms with Crippen molar-refractivity contribution in [1.82, 2.24) is 10.2 Å². The first-order chi connectivity index (χ1) is 12.9. The van der Waals surface area contributed by atoms with Crippen molar-refractivity contribution >= 4 is 17.5 Å². The summed E-state index contributed by atoms with van der Waals surface area (Å²) in [7, 11) is 3.54. The van der Waals surface area contributed by atoms with Crippen molar-refractivity contribution in [3.8, 4) is 5.75 Å². The molecule has 0 saturated heterocycles. The van der Waals surface area contributed by atoms with Crippen molar-refractivity contribution in [2.24, 2.45) is 0 Å². The highest BCUT2D eigenvalue weighted by atomic mass is 16.5. The van der Waals surface area contributed by atoms with E-state index >= 15 is 0 Å². The van der Waals surface area contributed by atoms with Crippen LogP contribution >= 0.6 is 0 Å². The first-order valence-corrected chi connectivity index (χ1v) is 9.45. The fourth-order valence-electron chi connectivity index (χ4n) is 3.26. The number of carbonyl (C=O) groups is 2. The molecular weight excluding hydrogens is 346 g/mol. The molecule has 27 heavy (non-hydrogen) atoms.